The molecular formula is C27H21ClN2O4. The maximum atomic E-state index is 13.3. The number of nitrogens with zero attached hydrogens (tertiary/aromatic N) is 1. The Hall–Kier alpha value is -4.03. The molecule has 170 valence electrons. The molecular weight excluding hydrogens is 452 g/mol. The monoisotopic (exact) mass is 472 g/mol. The number of aromatic amines is 1. The molecule has 5 rings (SSSR count). The number of aliphatic hydroxyl groups is 1. The summed E-state index contributed by atoms with van der Waals surface area (Å²) in [6.45, 7) is 2.40. The number of carbonyl (C=O) groups is 2. The van der Waals surface area contributed by atoms with Gasteiger partial charge in [-0.2, -0.15) is 0 Å². The van der Waals surface area contributed by atoms with Gasteiger partial charge in [0, 0.05) is 38.9 Å². The van der Waals surface area contributed by atoms with Crippen LogP contribution < -0.4 is 9.64 Å². The van der Waals surface area contributed by atoms with Crippen LogP contribution in [0.25, 0.3) is 16.7 Å². The lowest BCUT2D eigenvalue weighted by molar-refractivity contribution is -0.132. The number of amides is 1. The summed E-state index contributed by atoms with van der Waals surface area (Å²) in [4.78, 5) is 31.3. The van der Waals surface area contributed by atoms with Gasteiger partial charge in [-0.3, -0.25) is 14.5 Å². The number of ether oxygens (including phenoxy) is 1. The third-order valence-corrected chi connectivity index (χ3v) is 6.16. The number of benzene rings is 3. The summed E-state index contributed by atoms with van der Waals surface area (Å²) in [5.41, 5.74) is 2.52. The number of Topliss-reactive ketones (excluding diaryl/α,β-unsaturated/α-hetero) is 1. The van der Waals surface area contributed by atoms with Gasteiger partial charge in [0.2, 0.25) is 0 Å². The fourth-order valence-electron chi connectivity index (χ4n) is 4.35. The zero-order valence-corrected chi connectivity index (χ0v) is 19.0. The van der Waals surface area contributed by atoms with Crippen molar-refractivity contribution in [2.45, 2.75) is 13.0 Å². The zero-order chi connectivity index (χ0) is 23.8. The largest absolute Gasteiger partial charge is 0.507 e. The second kappa shape index (κ2) is 8.72. The topological polar surface area (TPSA) is 82.6 Å². The van der Waals surface area contributed by atoms with Gasteiger partial charge in [0.25, 0.3) is 11.7 Å². The Morgan fingerprint density at radius 1 is 1.03 bits per heavy atom. The highest BCUT2D eigenvalue weighted by atomic mass is 35.5. The normalized spacial score (nSPS) is 17.5. The van der Waals surface area contributed by atoms with Gasteiger partial charge in [-0.25, -0.2) is 0 Å². The number of ketones is 1. The number of anilines is 1. The quantitative estimate of drug-likeness (QED) is 0.217. The highest BCUT2D eigenvalue weighted by molar-refractivity contribution is 6.52. The molecule has 4 aromatic rings. The van der Waals surface area contributed by atoms with Crippen molar-refractivity contribution in [1.82, 2.24) is 4.98 Å². The van der Waals surface area contributed by atoms with Crippen LogP contribution in [0.2, 0.25) is 5.02 Å². The van der Waals surface area contributed by atoms with E-state index in [9.17, 15) is 14.7 Å². The van der Waals surface area contributed by atoms with Crippen LogP contribution in [0.1, 0.15) is 24.1 Å². The number of aliphatic hydroxyl groups excluding tert-OH is 1. The Morgan fingerprint density at radius 2 is 1.74 bits per heavy atom. The van der Waals surface area contributed by atoms with E-state index < -0.39 is 17.7 Å². The van der Waals surface area contributed by atoms with Crippen molar-refractivity contribution in [1.29, 1.82) is 0 Å². The number of carbonyl (C=O) groups excluding carboxylic acids is 2. The third-order valence-electron chi connectivity index (χ3n) is 5.90. The Labute approximate surface area is 201 Å². The molecule has 0 bridgehead atoms. The SMILES string of the molecule is CCOc1ccc(N2C(=O)C(=O)/C(=C(/O)c3ccc(Cl)cc3)C2c2c[nH]c3ccccc23)cc1. The summed E-state index contributed by atoms with van der Waals surface area (Å²) in [7, 11) is 0. The Balaban J connectivity index is 1.72. The summed E-state index contributed by atoms with van der Waals surface area (Å²) in [5.74, 6) is -1.06. The Kier molecular flexibility index (Phi) is 5.59. The van der Waals surface area contributed by atoms with E-state index in [0.29, 0.717) is 34.2 Å². The summed E-state index contributed by atoms with van der Waals surface area (Å²) in [6.07, 6.45) is 1.78. The number of H-pyrrole nitrogens is 1. The average molecular weight is 473 g/mol. The second-order valence-corrected chi connectivity index (χ2v) is 8.33. The second-order valence-electron chi connectivity index (χ2n) is 7.89. The predicted molar refractivity (Wildman–Crippen MR) is 132 cm³/mol. The molecule has 1 unspecified atom stereocenters. The first-order valence-corrected chi connectivity index (χ1v) is 11.2. The van der Waals surface area contributed by atoms with Gasteiger partial charge in [0.1, 0.15) is 11.5 Å². The van der Waals surface area contributed by atoms with Crippen molar-refractivity contribution in [3.63, 3.8) is 0 Å². The minimum atomic E-state index is -0.829. The van der Waals surface area contributed by atoms with Crippen LogP contribution in [0.5, 0.6) is 5.75 Å². The minimum Gasteiger partial charge on any atom is -0.507 e. The molecule has 34 heavy (non-hydrogen) atoms. The highest BCUT2D eigenvalue weighted by Gasteiger charge is 2.47. The van der Waals surface area contributed by atoms with E-state index in [1.807, 2.05) is 31.2 Å². The van der Waals surface area contributed by atoms with Crippen LogP contribution in [-0.4, -0.2) is 28.4 Å². The number of fused-ring (bicyclic) bond motifs is 1. The van der Waals surface area contributed by atoms with E-state index >= 15 is 0 Å². The lowest BCUT2D eigenvalue weighted by atomic mass is 9.94. The molecule has 1 atom stereocenters. The van der Waals surface area contributed by atoms with Crippen LogP contribution in [0.4, 0.5) is 5.69 Å². The molecule has 7 heteroatoms. The molecule has 1 aliphatic rings. The number of hydrogen-bond acceptors (Lipinski definition) is 4. The van der Waals surface area contributed by atoms with Crippen molar-refractivity contribution in [3.8, 4) is 5.75 Å². The van der Waals surface area contributed by atoms with E-state index in [1.54, 1.807) is 54.7 Å². The highest BCUT2D eigenvalue weighted by Crippen LogP contribution is 2.44. The maximum Gasteiger partial charge on any atom is 0.300 e. The molecule has 0 radical (unpaired) electrons. The van der Waals surface area contributed by atoms with Gasteiger partial charge < -0.3 is 14.8 Å². The lowest BCUT2D eigenvalue weighted by Gasteiger charge is -2.25. The minimum absolute atomic E-state index is 0.0194. The number of aromatic nitrogens is 1. The summed E-state index contributed by atoms with van der Waals surface area (Å²) in [6, 6.07) is 20.3. The molecule has 1 aliphatic heterocycles. The van der Waals surface area contributed by atoms with Gasteiger partial charge in [-0.1, -0.05) is 29.8 Å². The van der Waals surface area contributed by atoms with Crippen LogP contribution in [0.3, 0.4) is 0 Å². The van der Waals surface area contributed by atoms with Crippen molar-refractivity contribution >= 4 is 45.6 Å². The molecule has 1 fully saturated rings. The van der Waals surface area contributed by atoms with Crippen LogP contribution in [0.15, 0.2) is 84.6 Å². The summed E-state index contributed by atoms with van der Waals surface area (Å²) in [5, 5.41) is 12.6. The van der Waals surface area contributed by atoms with Crippen molar-refractivity contribution in [2.24, 2.45) is 0 Å². The van der Waals surface area contributed by atoms with Crippen molar-refractivity contribution < 1.29 is 19.4 Å². The number of halogens is 1. The van der Waals surface area contributed by atoms with Crippen molar-refractivity contribution in [2.75, 3.05) is 11.5 Å². The standard InChI is InChI=1S/C27H21ClN2O4/c1-2-34-19-13-11-18(12-14-19)30-24(21-15-29-22-6-4-3-5-20(21)22)23(26(32)27(30)33)25(31)16-7-9-17(28)10-8-16/h3-15,24,29,31H,2H2,1H3/b25-23+. The van der Waals surface area contributed by atoms with Gasteiger partial charge in [-0.15, -0.1) is 0 Å². The van der Waals surface area contributed by atoms with Gasteiger partial charge >= 0.3 is 0 Å². The number of rotatable bonds is 5. The Bertz CT molecular complexity index is 1420. The van der Waals surface area contributed by atoms with Crippen LogP contribution in [0, 0.1) is 0 Å². The van der Waals surface area contributed by atoms with E-state index in [2.05, 4.69) is 4.98 Å². The first kappa shape index (κ1) is 21.8. The molecule has 0 saturated carbocycles. The Morgan fingerprint density at radius 3 is 2.44 bits per heavy atom. The molecule has 2 N–H and O–H groups in total. The molecule has 3 aromatic carbocycles. The molecule has 0 aliphatic carbocycles. The van der Waals surface area contributed by atoms with E-state index in [-0.39, 0.29) is 11.3 Å². The van der Waals surface area contributed by atoms with E-state index in [1.165, 1.54) is 4.90 Å². The molecule has 0 spiro atoms. The fourth-order valence-corrected chi connectivity index (χ4v) is 4.47. The maximum absolute atomic E-state index is 13.3. The first-order chi connectivity index (χ1) is 16.5. The molecule has 1 aromatic heterocycles. The van der Waals surface area contributed by atoms with E-state index in [0.717, 1.165) is 10.9 Å². The molecule has 1 saturated heterocycles. The third kappa shape index (κ3) is 3.62. The van der Waals surface area contributed by atoms with Crippen molar-refractivity contribution in [3.05, 3.63) is 101 Å². The number of hydrogen-bond donors (Lipinski definition) is 2. The predicted octanol–water partition coefficient (Wildman–Crippen LogP) is 5.85. The lowest BCUT2D eigenvalue weighted by Crippen LogP contribution is -2.29. The van der Waals surface area contributed by atoms with Crippen LogP contribution in [-0.2, 0) is 9.59 Å². The smallest absolute Gasteiger partial charge is 0.300 e. The number of para-hydroxylation sites is 1. The average Bonchev–Trinajstić information content (AvgIpc) is 3.38. The molecule has 2 heterocycles. The summed E-state index contributed by atoms with van der Waals surface area (Å²) >= 11 is 6.00. The molecule has 6 nitrogen and oxygen atoms in total. The molecule has 1 amide bonds. The first-order valence-electron chi connectivity index (χ1n) is 10.9. The number of nitrogens with one attached hydrogen (secondary N) is 1. The summed E-state index contributed by atoms with van der Waals surface area (Å²) < 4.78 is 5.52. The van der Waals surface area contributed by atoms with Gasteiger partial charge in [0.05, 0.1) is 18.2 Å². The van der Waals surface area contributed by atoms with Gasteiger partial charge in [0.15, 0.2) is 0 Å². The van der Waals surface area contributed by atoms with Gasteiger partial charge in [-0.05, 0) is 61.5 Å². The van der Waals surface area contributed by atoms with E-state index in [4.69, 9.17) is 16.3 Å². The van der Waals surface area contributed by atoms with Crippen LogP contribution >= 0.6 is 11.6 Å². The zero-order valence-electron chi connectivity index (χ0n) is 18.3. The fraction of sp³-hybridized carbons (Fsp3) is 0.111.